The molecular weight excluding hydrogens is 344 g/mol. The van der Waals surface area contributed by atoms with E-state index in [-0.39, 0.29) is 22.7 Å². The number of fused-ring (bicyclic) bond motifs is 2. The first-order chi connectivity index (χ1) is 12.7. The van der Waals surface area contributed by atoms with Gasteiger partial charge in [0.15, 0.2) is 11.6 Å². The molecule has 0 saturated carbocycles. The standard InChI is InChI=1S/C20H26N4O3/c1-12(25)24-5-4-19(10-24)9-20(11-27-19)13-8-21-23-17(13)22-14-6-18(2,3)7-15(26)16(14)20/h22H,4-11H2,1-3H3/t19-,20+/m0/s1. The molecule has 1 aliphatic carbocycles. The van der Waals surface area contributed by atoms with Crippen LogP contribution in [0.1, 0.15) is 46.5 Å². The number of nitrogens with one attached hydrogen (secondary N) is 1. The summed E-state index contributed by atoms with van der Waals surface area (Å²) in [6, 6.07) is 0. The molecule has 4 aliphatic heterocycles. The van der Waals surface area contributed by atoms with Crippen molar-refractivity contribution >= 4 is 11.7 Å². The Bertz CT molecular complexity index is 855. The summed E-state index contributed by atoms with van der Waals surface area (Å²) in [7, 11) is 0. The van der Waals surface area contributed by atoms with Gasteiger partial charge in [-0.25, -0.2) is 0 Å². The molecule has 7 nitrogen and oxygen atoms in total. The van der Waals surface area contributed by atoms with E-state index in [4.69, 9.17) is 4.74 Å². The van der Waals surface area contributed by atoms with Crippen LogP contribution in [0.15, 0.2) is 32.9 Å². The molecule has 0 radical (unpaired) electrons. The summed E-state index contributed by atoms with van der Waals surface area (Å²) in [4.78, 5) is 27.0. The number of nitrogens with zero attached hydrogens (tertiary/aromatic N) is 3. The van der Waals surface area contributed by atoms with Gasteiger partial charge in [0.25, 0.3) is 0 Å². The van der Waals surface area contributed by atoms with Gasteiger partial charge in [0, 0.05) is 43.3 Å². The topological polar surface area (TPSA) is 83.4 Å². The molecule has 2 spiro atoms. The number of allylic oxidation sites excluding steroid dienone is 1. The average Bonchev–Trinajstić information content (AvgIpc) is 3.26. The maximum Gasteiger partial charge on any atom is 0.219 e. The molecule has 0 aromatic carbocycles. The van der Waals surface area contributed by atoms with Crippen LogP contribution in [0.4, 0.5) is 0 Å². The van der Waals surface area contributed by atoms with Crippen molar-refractivity contribution in [3.63, 3.8) is 0 Å². The van der Waals surface area contributed by atoms with Crippen LogP contribution in [0, 0.1) is 10.8 Å². The number of carbonyl (C=O) groups excluding carboxylic acids is 2. The van der Waals surface area contributed by atoms with E-state index in [1.54, 1.807) is 6.92 Å². The fraction of sp³-hybridized carbons (Fsp3) is 0.700. The zero-order valence-corrected chi connectivity index (χ0v) is 16.2. The van der Waals surface area contributed by atoms with Crippen molar-refractivity contribution in [2.24, 2.45) is 21.1 Å². The predicted molar refractivity (Wildman–Crippen MR) is 97.5 cm³/mol. The molecule has 5 aliphatic rings. The second kappa shape index (κ2) is 5.28. The first-order valence-electron chi connectivity index (χ1n) is 9.78. The summed E-state index contributed by atoms with van der Waals surface area (Å²) in [5.41, 5.74) is 2.11. The highest BCUT2D eigenvalue weighted by molar-refractivity contribution is 6.00. The van der Waals surface area contributed by atoms with Gasteiger partial charge in [-0.3, -0.25) is 9.59 Å². The first-order valence-corrected chi connectivity index (χ1v) is 9.78. The fourth-order valence-electron chi connectivity index (χ4n) is 5.73. The smallest absolute Gasteiger partial charge is 0.219 e. The van der Waals surface area contributed by atoms with Gasteiger partial charge in [0.05, 0.1) is 24.2 Å². The Kier molecular flexibility index (Phi) is 3.34. The van der Waals surface area contributed by atoms with Gasteiger partial charge in [-0.2, -0.15) is 5.11 Å². The maximum absolute atomic E-state index is 13.3. The quantitative estimate of drug-likeness (QED) is 0.709. The molecule has 4 heterocycles. The second-order valence-corrected chi connectivity index (χ2v) is 9.57. The van der Waals surface area contributed by atoms with Crippen molar-refractivity contribution in [2.45, 2.75) is 52.1 Å². The van der Waals surface area contributed by atoms with Crippen molar-refractivity contribution in [1.29, 1.82) is 0 Å². The lowest BCUT2D eigenvalue weighted by molar-refractivity contribution is -0.128. The number of likely N-dealkylation sites (tertiary alicyclic amines) is 1. The zero-order chi connectivity index (χ0) is 19.0. The molecule has 0 unspecified atom stereocenters. The lowest BCUT2D eigenvalue weighted by Gasteiger charge is -2.43. The van der Waals surface area contributed by atoms with Crippen molar-refractivity contribution < 1.29 is 14.3 Å². The predicted octanol–water partition coefficient (Wildman–Crippen LogP) is 2.31. The summed E-state index contributed by atoms with van der Waals surface area (Å²) in [6.45, 7) is 8.21. The van der Waals surface area contributed by atoms with E-state index in [0.29, 0.717) is 26.1 Å². The van der Waals surface area contributed by atoms with Crippen LogP contribution < -0.4 is 5.32 Å². The Hall–Kier alpha value is -2.02. The van der Waals surface area contributed by atoms with Crippen LogP contribution in [0.5, 0.6) is 0 Å². The van der Waals surface area contributed by atoms with E-state index >= 15 is 0 Å². The monoisotopic (exact) mass is 370 g/mol. The third-order valence-electron chi connectivity index (χ3n) is 6.90. The largest absolute Gasteiger partial charge is 0.372 e. The molecule has 2 fully saturated rings. The third kappa shape index (κ3) is 2.37. The van der Waals surface area contributed by atoms with Crippen molar-refractivity contribution in [2.75, 3.05) is 26.2 Å². The molecule has 1 amide bonds. The SMILES string of the molecule is CC(=O)N1CC[C@@]2(C1)C[C@@]1(CO2)C2=C(N=NC2)NC2=C1C(=O)CC(C)(C)C2. The number of ether oxygens (including phenoxy) is 1. The fourth-order valence-corrected chi connectivity index (χ4v) is 5.73. The second-order valence-electron chi connectivity index (χ2n) is 9.57. The van der Waals surface area contributed by atoms with Gasteiger partial charge >= 0.3 is 0 Å². The minimum atomic E-state index is -0.445. The molecule has 2 atom stereocenters. The number of Topliss-reactive ketones (excluding diaryl/α,β-unsaturated/α-hetero) is 1. The molecule has 1 N–H and O–H groups in total. The van der Waals surface area contributed by atoms with Crippen molar-refractivity contribution in [1.82, 2.24) is 10.2 Å². The Morgan fingerprint density at radius 1 is 1.30 bits per heavy atom. The van der Waals surface area contributed by atoms with Crippen molar-refractivity contribution in [3.8, 4) is 0 Å². The third-order valence-corrected chi connectivity index (χ3v) is 6.90. The molecule has 0 aromatic heterocycles. The Morgan fingerprint density at radius 3 is 2.85 bits per heavy atom. The van der Waals surface area contributed by atoms with Gasteiger partial charge in [-0.05, 0) is 24.7 Å². The summed E-state index contributed by atoms with van der Waals surface area (Å²) >= 11 is 0. The number of carbonyl (C=O) groups is 2. The molecule has 5 rings (SSSR count). The minimum absolute atomic E-state index is 0.0617. The molecule has 0 aromatic rings. The Labute approximate surface area is 158 Å². The highest BCUT2D eigenvalue weighted by Crippen LogP contribution is 2.58. The van der Waals surface area contributed by atoms with E-state index in [9.17, 15) is 9.59 Å². The molecular formula is C20H26N4O3. The van der Waals surface area contributed by atoms with Crippen LogP contribution in [-0.4, -0.2) is 48.4 Å². The minimum Gasteiger partial charge on any atom is -0.372 e. The number of hydrogen-bond acceptors (Lipinski definition) is 6. The first kappa shape index (κ1) is 17.1. The van der Waals surface area contributed by atoms with Crippen LogP contribution in [0.3, 0.4) is 0 Å². The number of rotatable bonds is 0. The number of ketones is 1. The highest BCUT2D eigenvalue weighted by atomic mass is 16.5. The van der Waals surface area contributed by atoms with Crippen LogP contribution in [0.2, 0.25) is 0 Å². The number of azo groups is 1. The zero-order valence-electron chi connectivity index (χ0n) is 16.2. The van der Waals surface area contributed by atoms with E-state index in [0.717, 1.165) is 48.5 Å². The summed E-state index contributed by atoms with van der Waals surface area (Å²) in [6.07, 6.45) is 2.94. The van der Waals surface area contributed by atoms with Crippen LogP contribution >= 0.6 is 0 Å². The molecule has 0 bridgehead atoms. The average molecular weight is 370 g/mol. The van der Waals surface area contributed by atoms with Gasteiger partial charge in [-0.15, -0.1) is 5.11 Å². The van der Waals surface area contributed by atoms with Gasteiger partial charge in [-0.1, -0.05) is 13.8 Å². The lowest BCUT2D eigenvalue weighted by Crippen LogP contribution is -2.45. The lowest BCUT2D eigenvalue weighted by atomic mass is 9.61. The van der Waals surface area contributed by atoms with E-state index in [1.165, 1.54) is 0 Å². The normalized spacial score (nSPS) is 36.7. The van der Waals surface area contributed by atoms with Gasteiger partial charge in [0.2, 0.25) is 5.91 Å². The van der Waals surface area contributed by atoms with E-state index in [2.05, 4.69) is 29.4 Å². The van der Waals surface area contributed by atoms with Gasteiger partial charge in [0.1, 0.15) is 0 Å². The Balaban J connectivity index is 1.57. The number of amides is 1. The molecule has 27 heavy (non-hydrogen) atoms. The molecule has 2 saturated heterocycles. The molecule has 144 valence electrons. The van der Waals surface area contributed by atoms with Crippen molar-refractivity contribution in [3.05, 3.63) is 22.7 Å². The van der Waals surface area contributed by atoms with E-state index < -0.39 is 5.41 Å². The van der Waals surface area contributed by atoms with Gasteiger partial charge < -0.3 is 15.0 Å². The summed E-state index contributed by atoms with van der Waals surface area (Å²) in [5.74, 6) is 1.11. The maximum atomic E-state index is 13.3. The number of dihydropyridines is 1. The number of hydrogen-bond donors (Lipinski definition) is 1. The summed E-state index contributed by atoms with van der Waals surface area (Å²) in [5, 5.41) is 12.0. The summed E-state index contributed by atoms with van der Waals surface area (Å²) < 4.78 is 6.41. The molecule has 7 heteroatoms. The highest BCUT2D eigenvalue weighted by Gasteiger charge is 2.60. The van der Waals surface area contributed by atoms with Crippen LogP contribution in [-0.2, 0) is 14.3 Å². The van der Waals surface area contributed by atoms with E-state index in [1.807, 2.05) is 4.90 Å². The Morgan fingerprint density at radius 2 is 2.11 bits per heavy atom. The van der Waals surface area contributed by atoms with Crippen LogP contribution in [0.25, 0.3) is 0 Å².